The van der Waals surface area contributed by atoms with Gasteiger partial charge in [-0.3, -0.25) is 4.79 Å². The number of carbonyl (C=O) groups excluding carboxylic acids is 1. The zero-order chi connectivity index (χ0) is 25.1. The van der Waals surface area contributed by atoms with Gasteiger partial charge in [0.25, 0.3) is 0 Å². The van der Waals surface area contributed by atoms with Crippen LogP contribution < -0.4 is 15.5 Å². The molecular formula is C28H36FN3O3. The molecule has 0 aliphatic heterocycles. The smallest absolute Gasteiger partial charge is 0.323 e. The highest BCUT2D eigenvalue weighted by Gasteiger charge is 2.46. The molecule has 6 nitrogen and oxygen atoms in total. The van der Waals surface area contributed by atoms with E-state index in [1.807, 2.05) is 31.2 Å². The maximum Gasteiger partial charge on any atom is 0.323 e. The Balaban J connectivity index is 1.67. The van der Waals surface area contributed by atoms with Crippen LogP contribution in [-0.4, -0.2) is 29.7 Å². The number of anilines is 3. The van der Waals surface area contributed by atoms with Crippen LogP contribution in [0.3, 0.4) is 0 Å². The van der Waals surface area contributed by atoms with Crippen molar-refractivity contribution in [1.82, 2.24) is 0 Å². The van der Waals surface area contributed by atoms with Gasteiger partial charge in [-0.05, 0) is 61.9 Å². The third-order valence-electron chi connectivity index (χ3n) is 7.07. The van der Waals surface area contributed by atoms with Crippen molar-refractivity contribution in [1.29, 1.82) is 0 Å². The number of carbonyl (C=O) groups is 2. The number of nitrogens with one attached hydrogen (secondary N) is 2. The normalized spacial score (nSPS) is 19.9. The first-order chi connectivity index (χ1) is 16.7. The molecule has 0 saturated heterocycles. The summed E-state index contributed by atoms with van der Waals surface area (Å²) in [6, 6.07) is 10.5. The second-order valence-electron chi connectivity index (χ2n) is 10.5. The fraction of sp³-hybridized carbons (Fsp3) is 0.500. The third kappa shape index (κ3) is 6.13. The van der Waals surface area contributed by atoms with Crippen molar-refractivity contribution in [3.05, 3.63) is 53.3 Å². The third-order valence-corrected chi connectivity index (χ3v) is 7.07. The molecule has 188 valence electrons. The van der Waals surface area contributed by atoms with Gasteiger partial charge in [0.2, 0.25) is 0 Å². The average molecular weight is 482 g/mol. The highest BCUT2D eigenvalue weighted by atomic mass is 19.1. The molecular weight excluding hydrogens is 445 g/mol. The summed E-state index contributed by atoms with van der Waals surface area (Å²) in [6.07, 6.45) is 5.97. The van der Waals surface area contributed by atoms with Crippen molar-refractivity contribution >= 4 is 29.1 Å². The largest absolute Gasteiger partial charge is 0.481 e. The first-order valence-electron chi connectivity index (χ1n) is 12.7. The van der Waals surface area contributed by atoms with Gasteiger partial charge in [-0.2, -0.15) is 0 Å². The van der Waals surface area contributed by atoms with E-state index in [1.54, 1.807) is 6.07 Å². The Hall–Kier alpha value is -3.09. The number of rotatable bonds is 8. The second-order valence-corrected chi connectivity index (χ2v) is 10.5. The molecule has 2 fully saturated rings. The number of urea groups is 1. The van der Waals surface area contributed by atoms with Crippen LogP contribution in [0.25, 0.3) is 0 Å². The Morgan fingerprint density at radius 2 is 1.77 bits per heavy atom. The molecule has 2 aliphatic rings. The summed E-state index contributed by atoms with van der Waals surface area (Å²) in [7, 11) is 0. The van der Waals surface area contributed by atoms with E-state index >= 15 is 4.39 Å². The van der Waals surface area contributed by atoms with E-state index in [4.69, 9.17) is 0 Å². The van der Waals surface area contributed by atoms with Crippen molar-refractivity contribution in [3.8, 4) is 0 Å². The van der Waals surface area contributed by atoms with Gasteiger partial charge >= 0.3 is 12.0 Å². The summed E-state index contributed by atoms with van der Waals surface area (Å²) >= 11 is 0. The summed E-state index contributed by atoms with van der Waals surface area (Å²) < 4.78 is 15.4. The van der Waals surface area contributed by atoms with Gasteiger partial charge in [-0.25, -0.2) is 9.18 Å². The average Bonchev–Trinajstić information content (AvgIpc) is 3.62. The number of carboxylic acids is 1. The summed E-state index contributed by atoms with van der Waals surface area (Å²) in [5.74, 6) is -1.89. The fourth-order valence-corrected chi connectivity index (χ4v) is 5.16. The number of benzene rings is 2. The lowest BCUT2D eigenvalue weighted by atomic mass is 9.92. The summed E-state index contributed by atoms with van der Waals surface area (Å²) in [5.41, 5.74) is 3.30. The predicted octanol–water partition coefficient (Wildman–Crippen LogP) is 6.76. The quantitative estimate of drug-likeness (QED) is 0.389. The molecule has 0 spiro atoms. The van der Waals surface area contributed by atoms with Crippen LogP contribution in [0.5, 0.6) is 0 Å². The van der Waals surface area contributed by atoms with Gasteiger partial charge in [-0.15, -0.1) is 0 Å². The first kappa shape index (κ1) is 25.0. The molecule has 0 bridgehead atoms. The molecule has 0 heterocycles. The number of hydrogen-bond donors (Lipinski definition) is 3. The van der Waals surface area contributed by atoms with Crippen molar-refractivity contribution in [2.24, 2.45) is 11.8 Å². The van der Waals surface area contributed by atoms with E-state index in [-0.39, 0.29) is 12.0 Å². The van der Waals surface area contributed by atoms with E-state index in [1.165, 1.54) is 12.5 Å². The van der Waals surface area contributed by atoms with Crippen LogP contribution >= 0.6 is 0 Å². The molecule has 4 rings (SSSR count). The predicted molar refractivity (Wildman–Crippen MR) is 138 cm³/mol. The summed E-state index contributed by atoms with van der Waals surface area (Å²) in [6.45, 7) is 7.00. The highest BCUT2D eigenvalue weighted by molar-refractivity contribution is 6.02. The van der Waals surface area contributed by atoms with Crippen LogP contribution in [0.2, 0.25) is 0 Å². The van der Waals surface area contributed by atoms with Crippen LogP contribution in [0, 0.1) is 24.6 Å². The number of aryl methyl sites for hydroxylation is 1. The molecule has 35 heavy (non-hydrogen) atoms. The maximum atomic E-state index is 15.4. The topological polar surface area (TPSA) is 81.7 Å². The first-order valence-corrected chi connectivity index (χ1v) is 12.7. The number of amides is 2. The molecule has 2 aromatic rings. The van der Waals surface area contributed by atoms with E-state index in [9.17, 15) is 14.7 Å². The Labute approximate surface area is 206 Å². The Bertz CT molecular complexity index is 1060. The van der Waals surface area contributed by atoms with Crippen LogP contribution in [-0.2, 0) is 4.79 Å². The molecule has 2 amide bonds. The van der Waals surface area contributed by atoms with Gasteiger partial charge in [0.15, 0.2) is 0 Å². The number of nitrogens with zero attached hydrogens (tertiary/aromatic N) is 1. The van der Waals surface area contributed by atoms with Gasteiger partial charge in [0.1, 0.15) is 5.82 Å². The van der Waals surface area contributed by atoms with Gasteiger partial charge in [-0.1, -0.05) is 50.8 Å². The maximum absolute atomic E-state index is 15.4. The molecule has 0 aromatic heterocycles. The lowest BCUT2D eigenvalue weighted by molar-refractivity contribution is -0.138. The Morgan fingerprint density at radius 1 is 1.09 bits per heavy atom. The second kappa shape index (κ2) is 10.7. The Morgan fingerprint density at radius 3 is 2.37 bits per heavy atom. The van der Waals surface area contributed by atoms with Gasteiger partial charge < -0.3 is 20.6 Å². The van der Waals surface area contributed by atoms with Crippen molar-refractivity contribution in [2.75, 3.05) is 22.1 Å². The van der Waals surface area contributed by atoms with Crippen LogP contribution in [0.1, 0.15) is 69.4 Å². The Kier molecular flexibility index (Phi) is 7.63. The van der Waals surface area contributed by atoms with E-state index in [0.717, 1.165) is 37.8 Å². The monoisotopic (exact) mass is 481 g/mol. The molecule has 0 radical (unpaired) electrons. The molecule has 2 aromatic carbocycles. The lowest BCUT2D eigenvalue weighted by Gasteiger charge is -2.38. The summed E-state index contributed by atoms with van der Waals surface area (Å²) in [4.78, 5) is 26.7. The molecule has 3 N–H and O–H groups in total. The molecule has 0 unspecified atom stereocenters. The van der Waals surface area contributed by atoms with E-state index < -0.39 is 23.7 Å². The zero-order valence-corrected chi connectivity index (χ0v) is 20.8. The van der Waals surface area contributed by atoms with Gasteiger partial charge in [0.05, 0.1) is 17.3 Å². The van der Waals surface area contributed by atoms with Crippen molar-refractivity contribution < 1.29 is 19.1 Å². The SMILES string of the molecule is Cc1ccc(NC(=O)Nc2cc([C@H]3C[C@H]3C(=O)O)c(F)cc2N(CC(C)C)C2CCCCC2)cc1. The molecule has 7 heteroatoms. The van der Waals surface area contributed by atoms with E-state index in [2.05, 4.69) is 29.4 Å². The standard InChI is InChI=1S/C28H36FN3O3/c1-17(2)16-32(20-7-5-4-6-8-20)26-15-24(29)22(21-13-23(21)27(33)34)14-25(26)31-28(35)30-19-11-9-18(3)10-12-19/h9-12,14-15,17,20-21,23H,4-8,13,16H2,1-3H3,(H,33,34)(H2,30,31,35)/t21-,23-/m1/s1. The minimum Gasteiger partial charge on any atom is -0.481 e. The summed E-state index contributed by atoms with van der Waals surface area (Å²) in [5, 5.41) is 15.2. The fourth-order valence-electron chi connectivity index (χ4n) is 5.16. The number of hydrogen-bond acceptors (Lipinski definition) is 3. The minimum atomic E-state index is -0.909. The number of halogens is 1. The van der Waals surface area contributed by atoms with Crippen LogP contribution in [0.4, 0.5) is 26.2 Å². The lowest BCUT2D eigenvalue weighted by Crippen LogP contribution is -2.40. The molecule has 2 saturated carbocycles. The number of aliphatic carboxylic acids is 1. The van der Waals surface area contributed by atoms with Gasteiger partial charge in [0, 0.05) is 24.2 Å². The zero-order valence-electron chi connectivity index (χ0n) is 20.8. The molecule has 2 aliphatic carbocycles. The highest BCUT2D eigenvalue weighted by Crippen LogP contribution is 2.50. The number of carboxylic acid groups (broad SMARTS) is 1. The van der Waals surface area contributed by atoms with Crippen molar-refractivity contribution in [3.63, 3.8) is 0 Å². The minimum absolute atomic E-state index is 0.282. The molecule has 2 atom stereocenters. The van der Waals surface area contributed by atoms with Crippen LogP contribution in [0.15, 0.2) is 36.4 Å². The van der Waals surface area contributed by atoms with E-state index in [0.29, 0.717) is 35.0 Å². The van der Waals surface area contributed by atoms with Crippen molar-refractivity contribution in [2.45, 2.75) is 71.3 Å².